The van der Waals surface area contributed by atoms with Crippen molar-refractivity contribution in [2.75, 3.05) is 12.8 Å². The topological polar surface area (TPSA) is 83.6 Å². The molecule has 0 aromatic heterocycles. The number of amides is 2. The quantitative estimate of drug-likeness (QED) is 0.883. The van der Waals surface area contributed by atoms with Crippen LogP contribution in [0.4, 0.5) is 0 Å². The van der Waals surface area contributed by atoms with Crippen LogP contribution >= 0.6 is 23.2 Å². The van der Waals surface area contributed by atoms with Gasteiger partial charge in [0.1, 0.15) is 6.04 Å². The van der Waals surface area contributed by atoms with E-state index in [0.29, 0.717) is 29.4 Å². The van der Waals surface area contributed by atoms with Crippen molar-refractivity contribution in [2.45, 2.75) is 18.9 Å². The van der Waals surface area contributed by atoms with Crippen molar-refractivity contribution in [3.05, 3.63) is 33.8 Å². The zero-order chi connectivity index (χ0) is 16.5. The minimum atomic E-state index is -3.67. The molecular formula is C13H14Cl2N2O4S. The first kappa shape index (κ1) is 17.1. The lowest BCUT2D eigenvalue weighted by atomic mass is 10.1. The lowest BCUT2D eigenvalue weighted by Gasteiger charge is -2.23. The number of likely N-dealkylation sites (tertiary alicyclic amines) is 1. The number of carbonyl (C=O) groups excluding carboxylic acids is 2. The fourth-order valence-corrected chi connectivity index (χ4v) is 3.40. The number of rotatable bonds is 3. The SMILES string of the molecule is CS(=O)(=O)NC(=O)C1CCCN1C(=O)c1cc(Cl)cc(Cl)c1. The Labute approximate surface area is 138 Å². The third kappa shape index (κ3) is 4.12. The van der Waals surface area contributed by atoms with Crippen LogP contribution in [0.1, 0.15) is 23.2 Å². The van der Waals surface area contributed by atoms with Crippen molar-refractivity contribution in [3.8, 4) is 0 Å². The molecule has 1 atom stereocenters. The van der Waals surface area contributed by atoms with Gasteiger partial charge in [-0.05, 0) is 31.0 Å². The molecule has 2 rings (SSSR count). The fraction of sp³-hybridized carbons (Fsp3) is 0.385. The first-order chi connectivity index (χ1) is 10.2. The molecule has 2 amide bonds. The third-order valence-corrected chi connectivity index (χ3v) is 4.22. The summed E-state index contributed by atoms with van der Waals surface area (Å²) in [6.45, 7) is 0.366. The first-order valence-corrected chi connectivity index (χ1v) is 9.11. The molecule has 0 saturated carbocycles. The number of hydrogen-bond donors (Lipinski definition) is 1. The zero-order valence-electron chi connectivity index (χ0n) is 11.7. The van der Waals surface area contributed by atoms with Crippen molar-refractivity contribution in [1.82, 2.24) is 9.62 Å². The molecule has 0 radical (unpaired) electrons. The van der Waals surface area contributed by atoms with Crippen LogP contribution in [0.5, 0.6) is 0 Å². The van der Waals surface area contributed by atoms with Gasteiger partial charge in [0.2, 0.25) is 10.0 Å². The molecule has 1 unspecified atom stereocenters. The Balaban J connectivity index is 2.23. The van der Waals surface area contributed by atoms with Crippen LogP contribution in [0.3, 0.4) is 0 Å². The zero-order valence-corrected chi connectivity index (χ0v) is 14.0. The van der Waals surface area contributed by atoms with Gasteiger partial charge >= 0.3 is 0 Å². The molecule has 0 bridgehead atoms. The fourth-order valence-electron chi connectivity index (χ4n) is 2.38. The molecule has 1 aromatic rings. The first-order valence-electron chi connectivity index (χ1n) is 6.46. The van der Waals surface area contributed by atoms with Crippen LogP contribution in [0.15, 0.2) is 18.2 Å². The number of halogens is 2. The Hall–Kier alpha value is -1.31. The van der Waals surface area contributed by atoms with Crippen LogP contribution in [0.25, 0.3) is 0 Å². The summed E-state index contributed by atoms with van der Waals surface area (Å²) in [7, 11) is -3.67. The lowest BCUT2D eigenvalue weighted by molar-refractivity contribution is -0.123. The Morgan fingerprint density at radius 3 is 2.36 bits per heavy atom. The molecule has 9 heteroatoms. The van der Waals surface area contributed by atoms with Gasteiger partial charge in [0.25, 0.3) is 11.8 Å². The van der Waals surface area contributed by atoms with Gasteiger partial charge in [-0.2, -0.15) is 0 Å². The molecule has 1 aliphatic heterocycles. The predicted molar refractivity (Wildman–Crippen MR) is 83.5 cm³/mol. The summed E-state index contributed by atoms with van der Waals surface area (Å²) in [5.41, 5.74) is 0.261. The summed E-state index contributed by atoms with van der Waals surface area (Å²) in [6, 6.07) is 3.59. The van der Waals surface area contributed by atoms with E-state index in [0.717, 1.165) is 6.26 Å². The summed E-state index contributed by atoms with van der Waals surface area (Å²) >= 11 is 11.7. The van der Waals surface area contributed by atoms with Gasteiger partial charge in [-0.1, -0.05) is 23.2 Å². The average molecular weight is 365 g/mol. The Kier molecular flexibility index (Phi) is 4.99. The molecule has 1 saturated heterocycles. The number of benzene rings is 1. The molecule has 22 heavy (non-hydrogen) atoms. The van der Waals surface area contributed by atoms with E-state index in [2.05, 4.69) is 0 Å². The van der Waals surface area contributed by atoms with E-state index in [1.165, 1.54) is 23.1 Å². The Morgan fingerprint density at radius 1 is 1.23 bits per heavy atom. The van der Waals surface area contributed by atoms with E-state index in [1.807, 2.05) is 4.72 Å². The highest BCUT2D eigenvalue weighted by Crippen LogP contribution is 2.24. The van der Waals surface area contributed by atoms with Crippen LogP contribution in [-0.2, 0) is 14.8 Å². The maximum Gasteiger partial charge on any atom is 0.256 e. The van der Waals surface area contributed by atoms with Crippen molar-refractivity contribution < 1.29 is 18.0 Å². The monoisotopic (exact) mass is 364 g/mol. The summed E-state index contributed by atoms with van der Waals surface area (Å²) in [5.74, 6) is -1.11. The lowest BCUT2D eigenvalue weighted by Crippen LogP contribution is -2.47. The summed E-state index contributed by atoms with van der Waals surface area (Å²) < 4.78 is 24.2. The minimum absolute atomic E-state index is 0.261. The van der Waals surface area contributed by atoms with Gasteiger partial charge in [-0.15, -0.1) is 0 Å². The second kappa shape index (κ2) is 6.44. The van der Waals surface area contributed by atoms with Crippen molar-refractivity contribution in [2.24, 2.45) is 0 Å². The van der Waals surface area contributed by atoms with E-state index in [4.69, 9.17) is 23.2 Å². The number of nitrogens with one attached hydrogen (secondary N) is 1. The van der Waals surface area contributed by atoms with Crippen LogP contribution in [-0.4, -0.2) is 44.0 Å². The highest BCUT2D eigenvalue weighted by molar-refractivity contribution is 7.89. The molecule has 120 valence electrons. The summed E-state index contributed by atoms with van der Waals surface area (Å²) in [5, 5.41) is 0.624. The highest BCUT2D eigenvalue weighted by Gasteiger charge is 2.35. The van der Waals surface area contributed by atoms with Gasteiger partial charge in [0, 0.05) is 22.2 Å². The average Bonchev–Trinajstić information content (AvgIpc) is 2.83. The second-order valence-corrected chi connectivity index (χ2v) is 7.67. The molecule has 6 nitrogen and oxygen atoms in total. The maximum atomic E-state index is 12.5. The van der Waals surface area contributed by atoms with Crippen molar-refractivity contribution in [1.29, 1.82) is 0 Å². The molecule has 1 aromatic carbocycles. The smallest absolute Gasteiger partial charge is 0.256 e. The van der Waals surface area contributed by atoms with Gasteiger partial charge in [0.05, 0.1) is 6.26 Å². The maximum absolute atomic E-state index is 12.5. The number of carbonyl (C=O) groups is 2. The number of sulfonamides is 1. The summed E-state index contributed by atoms with van der Waals surface area (Å²) in [4.78, 5) is 25.9. The van der Waals surface area contributed by atoms with E-state index in [1.54, 1.807) is 0 Å². The van der Waals surface area contributed by atoms with Gasteiger partial charge in [0.15, 0.2) is 0 Å². The predicted octanol–water partition coefficient (Wildman–Crippen LogP) is 1.67. The van der Waals surface area contributed by atoms with E-state index in [-0.39, 0.29) is 5.56 Å². The van der Waals surface area contributed by atoms with E-state index in [9.17, 15) is 18.0 Å². The van der Waals surface area contributed by atoms with E-state index < -0.39 is 27.9 Å². The van der Waals surface area contributed by atoms with Gasteiger partial charge in [-0.3, -0.25) is 14.3 Å². The second-order valence-electron chi connectivity index (χ2n) is 5.05. The molecule has 1 aliphatic rings. The molecule has 0 spiro atoms. The molecular weight excluding hydrogens is 351 g/mol. The number of nitrogens with zero attached hydrogens (tertiary/aromatic N) is 1. The van der Waals surface area contributed by atoms with Crippen LogP contribution < -0.4 is 4.72 Å². The van der Waals surface area contributed by atoms with Crippen molar-refractivity contribution >= 4 is 45.0 Å². The van der Waals surface area contributed by atoms with E-state index >= 15 is 0 Å². The standard InChI is InChI=1S/C13H14Cl2N2O4S/c1-22(20,21)16-12(18)11-3-2-4-17(11)13(19)8-5-9(14)7-10(15)6-8/h5-7,11H,2-4H2,1H3,(H,16,18). The number of hydrogen-bond acceptors (Lipinski definition) is 4. The molecule has 1 fully saturated rings. The van der Waals surface area contributed by atoms with Gasteiger partial charge < -0.3 is 4.90 Å². The van der Waals surface area contributed by atoms with Crippen LogP contribution in [0.2, 0.25) is 10.0 Å². The normalized spacial score (nSPS) is 18.3. The van der Waals surface area contributed by atoms with Gasteiger partial charge in [-0.25, -0.2) is 8.42 Å². The van der Waals surface area contributed by atoms with Crippen LogP contribution in [0, 0.1) is 0 Å². The third-order valence-electron chi connectivity index (χ3n) is 3.21. The molecule has 0 aliphatic carbocycles. The Morgan fingerprint density at radius 2 is 1.82 bits per heavy atom. The Bertz CT molecular complexity index is 701. The molecule has 1 heterocycles. The highest BCUT2D eigenvalue weighted by atomic mass is 35.5. The summed E-state index contributed by atoms with van der Waals surface area (Å²) in [6.07, 6.45) is 1.91. The minimum Gasteiger partial charge on any atom is -0.327 e. The largest absolute Gasteiger partial charge is 0.327 e. The molecule has 1 N–H and O–H groups in total. The van der Waals surface area contributed by atoms with Crippen molar-refractivity contribution in [3.63, 3.8) is 0 Å².